The summed E-state index contributed by atoms with van der Waals surface area (Å²) in [6.07, 6.45) is 1.40. The monoisotopic (exact) mass is 393 g/mol. The lowest BCUT2D eigenvalue weighted by Crippen LogP contribution is -2.37. The van der Waals surface area contributed by atoms with E-state index in [1.54, 1.807) is 0 Å². The SMILES string of the molecule is CCC(C)C1NCC(=C(C)NNc2ccc(Br)cc2)C1C(=O)C=O. The van der Waals surface area contributed by atoms with E-state index in [1.807, 2.05) is 31.2 Å². The van der Waals surface area contributed by atoms with Gasteiger partial charge in [0.1, 0.15) is 0 Å². The molecule has 0 saturated carbocycles. The van der Waals surface area contributed by atoms with Gasteiger partial charge in [-0.2, -0.15) is 0 Å². The van der Waals surface area contributed by atoms with Crippen molar-refractivity contribution in [1.29, 1.82) is 0 Å². The molecule has 1 aromatic rings. The normalized spacial score (nSPS) is 23.5. The Hall–Kier alpha value is -1.66. The Morgan fingerprint density at radius 1 is 1.42 bits per heavy atom. The first-order valence-electron chi connectivity index (χ1n) is 8.17. The molecule has 1 aliphatic rings. The quantitative estimate of drug-likeness (QED) is 0.377. The highest BCUT2D eigenvalue weighted by atomic mass is 79.9. The molecule has 3 atom stereocenters. The van der Waals surface area contributed by atoms with Crippen LogP contribution in [-0.2, 0) is 9.59 Å². The van der Waals surface area contributed by atoms with Crippen LogP contribution in [0.3, 0.4) is 0 Å². The molecule has 2 rings (SSSR count). The number of ketones is 1. The largest absolute Gasteiger partial charge is 0.309 e. The molecule has 0 spiro atoms. The fourth-order valence-electron chi connectivity index (χ4n) is 3.02. The van der Waals surface area contributed by atoms with Crippen molar-refractivity contribution >= 4 is 33.7 Å². The van der Waals surface area contributed by atoms with E-state index in [-0.39, 0.29) is 11.8 Å². The summed E-state index contributed by atoms with van der Waals surface area (Å²) < 4.78 is 1.01. The highest BCUT2D eigenvalue weighted by Gasteiger charge is 2.39. The predicted octanol–water partition coefficient (Wildman–Crippen LogP) is 3.04. The number of hydrogen-bond acceptors (Lipinski definition) is 5. The predicted molar refractivity (Wildman–Crippen MR) is 99.4 cm³/mol. The molecule has 1 aliphatic heterocycles. The third-order valence-electron chi connectivity index (χ3n) is 4.66. The standard InChI is InChI=1S/C18H24BrN3O2/c1-4-11(2)18-17(16(24)10-23)15(9-20-18)12(3)21-22-14-7-5-13(19)6-8-14/h5-8,10-11,17-18,20-22H,4,9H2,1-3H3. The lowest BCUT2D eigenvalue weighted by Gasteiger charge is -2.24. The van der Waals surface area contributed by atoms with Crippen LogP contribution in [0.4, 0.5) is 5.69 Å². The van der Waals surface area contributed by atoms with E-state index >= 15 is 0 Å². The molecule has 0 amide bonds. The van der Waals surface area contributed by atoms with Crippen molar-refractivity contribution in [2.24, 2.45) is 11.8 Å². The zero-order chi connectivity index (χ0) is 17.7. The minimum Gasteiger partial charge on any atom is -0.309 e. The van der Waals surface area contributed by atoms with Gasteiger partial charge >= 0.3 is 0 Å². The number of hydrogen-bond donors (Lipinski definition) is 3. The highest BCUT2D eigenvalue weighted by Crippen LogP contribution is 2.30. The van der Waals surface area contributed by atoms with Crippen molar-refractivity contribution in [2.45, 2.75) is 33.2 Å². The minimum atomic E-state index is -0.392. The van der Waals surface area contributed by atoms with Gasteiger partial charge in [0.15, 0.2) is 6.29 Å². The second-order valence-corrected chi connectivity index (χ2v) is 7.11. The number of nitrogens with one attached hydrogen (secondary N) is 3. The lowest BCUT2D eigenvalue weighted by molar-refractivity contribution is -0.132. The number of anilines is 1. The number of aldehydes is 1. The topological polar surface area (TPSA) is 70.2 Å². The van der Waals surface area contributed by atoms with Gasteiger partial charge < -0.3 is 16.2 Å². The maximum atomic E-state index is 12.2. The first-order chi connectivity index (χ1) is 11.5. The van der Waals surface area contributed by atoms with Gasteiger partial charge in [0.05, 0.1) is 11.6 Å². The van der Waals surface area contributed by atoms with Crippen molar-refractivity contribution in [3.8, 4) is 0 Å². The molecule has 1 heterocycles. The summed E-state index contributed by atoms with van der Waals surface area (Å²) in [5.41, 5.74) is 9.02. The van der Waals surface area contributed by atoms with E-state index in [2.05, 4.69) is 45.9 Å². The molecule has 0 bridgehead atoms. The first-order valence-corrected chi connectivity index (χ1v) is 8.96. The molecule has 130 valence electrons. The van der Waals surface area contributed by atoms with Crippen molar-refractivity contribution in [3.63, 3.8) is 0 Å². The first kappa shape index (κ1) is 18.7. The lowest BCUT2D eigenvalue weighted by atomic mass is 9.83. The number of carbonyl (C=O) groups is 2. The van der Waals surface area contributed by atoms with Crippen LogP contribution in [0.15, 0.2) is 40.0 Å². The highest BCUT2D eigenvalue weighted by molar-refractivity contribution is 9.10. The molecule has 3 N–H and O–H groups in total. The summed E-state index contributed by atoms with van der Waals surface area (Å²) in [6.45, 7) is 6.73. The Morgan fingerprint density at radius 2 is 2.08 bits per heavy atom. The van der Waals surface area contributed by atoms with Crippen molar-refractivity contribution < 1.29 is 9.59 Å². The van der Waals surface area contributed by atoms with Crippen LogP contribution in [-0.4, -0.2) is 24.7 Å². The van der Waals surface area contributed by atoms with E-state index in [9.17, 15) is 9.59 Å². The van der Waals surface area contributed by atoms with Crippen LogP contribution in [0, 0.1) is 11.8 Å². The number of allylic oxidation sites excluding steroid dienone is 1. The van der Waals surface area contributed by atoms with Crippen LogP contribution < -0.4 is 16.2 Å². The van der Waals surface area contributed by atoms with Crippen LogP contribution in [0.1, 0.15) is 27.2 Å². The summed E-state index contributed by atoms with van der Waals surface area (Å²) in [5.74, 6) is -0.426. The molecule has 1 saturated heterocycles. The number of carbonyl (C=O) groups excluding carboxylic acids is 2. The summed E-state index contributed by atoms with van der Waals surface area (Å²) in [4.78, 5) is 23.3. The molecule has 5 nitrogen and oxygen atoms in total. The second kappa shape index (κ2) is 8.44. The van der Waals surface area contributed by atoms with Gasteiger partial charge in [-0.3, -0.25) is 9.59 Å². The number of Topliss-reactive ketones (excluding diaryl/α,β-unsaturated/α-hetero) is 1. The Kier molecular flexibility index (Phi) is 6.57. The van der Waals surface area contributed by atoms with Gasteiger partial charge in [-0.1, -0.05) is 36.2 Å². The van der Waals surface area contributed by atoms with E-state index in [4.69, 9.17) is 0 Å². The van der Waals surface area contributed by atoms with Gasteiger partial charge in [-0.25, -0.2) is 0 Å². The second-order valence-electron chi connectivity index (χ2n) is 6.20. The maximum absolute atomic E-state index is 12.2. The Bertz CT molecular complexity index is 628. The van der Waals surface area contributed by atoms with Crippen molar-refractivity contribution in [1.82, 2.24) is 10.7 Å². The summed E-state index contributed by atoms with van der Waals surface area (Å²) in [7, 11) is 0. The smallest absolute Gasteiger partial charge is 0.203 e. The number of rotatable bonds is 7. The summed E-state index contributed by atoms with van der Waals surface area (Å²) >= 11 is 3.40. The molecule has 1 aromatic carbocycles. The van der Waals surface area contributed by atoms with Crippen molar-refractivity contribution in [3.05, 3.63) is 40.0 Å². The van der Waals surface area contributed by atoms with Gasteiger partial charge in [0, 0.05) is 22.8 Å². The van der Waals surface area contributed by atoms with E-state index in [1.165, 1.54) is 0 Å². The molecule has 0 radical (unpaired) electrons. The molecule has 0 aromatic heterocycles. The van der Waals surface area contributed by atoms with Gasteiger partial charge in [-0.05, 0) is 42.7 Å². The fraction of sp³-hybridized carbons (Fsp3) is 0.444. The Labute approximate surface area is 151 Å². The Balaban J connectivity index is 2.16. The average molecular weight is 394 g/mol. The Morgan fingerprint density at radius 3 is 2.67 bits per heavy atom. The molecule has 1 fully saturated rings. The zero-order valence-electron chi connectivity index (χ0n) is 14.2. The summed E-state index contributed by atoms with van der Waals surface area (Å²) in [6, 6.07) is 7.78. The molecular weight excluding hydrogens is 370 g/mol. The van der Waals surface area contributed by atoms with Crippen LogP contribution in [0.25, 0.3) is 0 Å². The molecular formula is C18H24BrN3O2. The van der Waals surface area contributed by atoms with E-state index in [0.717, 1.165) is 27.9 Å². The van der Waals surface area contributed by atoms with Gasteiger partial charge in [-0.15, -0.1) is 0 Å². The van der Waals surface area contributed by atoms with Crippen LogP contribution in [0.5, 0.6) is 0 Å². The van der Waals surface area contributed by atoms with Crippen LogP contribution in [0.2, 0.25) is 0 Å². The fourth-order valence-corrected chi connectivity index (χ4v) is 3.29. The van der Waals surface area contributed by atoms with Crippen molar-refractivity contribution in [2.75, 3.05) is 12.0 Å². The van der Waals surface area contributed by atoms with Gasteiger partial charge in [0.2, 0.25) is 5.78 Å². The maximum Gasteiger partial charge on any atom is 0.203 e. The summed E-state index contributed by atoms with van der Waals surface area (Å²) in [5, 5.41) is 3.40. The zero-order valence-corrected chi connectivity index (χ0v) is 15.8. The van der Waals surface area contributed by atoms with E-state index in [0.29, 0.717) is 18.7 Å². The molecule has 0 aliphatic carbocycles. The third kappa shape index (κ3) is 4.24. The minimum absolute atomic E-state index is 0.00660. The number of hydrazine groups is 1. The molecule has 3 unspecified atom stereocenters. The third-order valence-corrected chi connectivity index (χ3v) is 5.19. The van der Waals surface area contributed by atoms with Gasteiger partial charge in [0.25, 0.3) is 0 Å². The van der Waals surface area contributed by atoms with E-state index < -0.39 is 5.92 Å². The molecule has 6 heteroatoms. The molecule has 24 heavy (non-hydrogen) atoms. The van der Waals surface area contributed by atoms with Crippen LogP contribution >= 0.6 is 15.9 Å². The average Bonchev–Trinajstić information content (AvgIpc) is 3.04. The number of halogens is 1. The number of benzene rings is 1.